The molecule has 3 heterocycles. The summed E-state index contributed by atoms with van der Waals surface area (Å²) in [6, 6.07) is 17.5. The molecular formula is C27H27ClN2O5S3. The summed E-state index contributed by atoms with van der Waals surface area (Å²) in [5.74, 6) is -0.532. The predicted molar refractivity (Wildman–Crippen MR) is 153 cm³/mol. The van der Waals surface area contributed by atoms with E-state index >= 15 is 0 Å². The minimum atomic E-state index is -3.99. The van der Waals surface area contributed by atoms with Crippen molar-refractivity contribution in [2.45, 2.75) is 37.2 Å². The Hall–Kier alpha value is -2.34. The van der Waals surface area contributed by atoms with Crippen molar-refractivity contribution in [3.05, 3.63) is 87.9 Å². The van der Waals surface area contributed by atoms with E-state index in [-0.39, 0.29) is 12.2 Å². The maximum absolute atomic E-state index is 13.4. The Morgan fingerprint density at radius 3 is 2.58 bits per heavy atom. The van der Waals surface area contributed by atoms with Crippen LogP contribution in [-0.4, -0.2) is 43.7 Å². The van der Waals surface area contributed by atoms with E-state index in [2.05, 4.69) is 9.71 Å². The van der Waals surface area contributed by atoms with Crippen LogP contribution in [0.5, 0.6) is 0 Å². The smallest absolute Gasteiger partial charge is 0.216 e. The molecule has 5 rings (SSSR count). The Bertz CT molecular complexity index is 1730. The number of thiophene rings is 1. The molecule has 2 atom stereocenters. The van der Waals surface area contributed by atoms with Crippen molar-refractivity contribution in [1.29, 1.82) is 0 Å². The average Bonchev–Trinajstić information content (AvgIpc) is 3.46. The quantitative estimate of drug-likeness (QED) is 0.312. The second-order valence-corrected chi connectivity index (χ2v) is 15.7. The van der Waals surface area contributed by atoms with Gasteiger partial charge in [0.25, 0.3) is 0 Å². The molecule has 1 aliphatic heterocycles. The second kappa shape index (κ2) is 10.0. The molecule has 38 heavy (non-hydrogen) atoms. The molecule has 0 bridgehead atoms. The number of halogens is 1. The molecule has 1 unspecified atom stereocenters. The number of aromatic nitrogens is 1. The minimum absolute atomic E-state index is 0.0622. The summed E-state index contributed by atoms with van der Waals surface area (Å²) >= 11 is 7.95. The van der Waals surface area contributed by atoms with Crippen LogP contribution in [0.3, 0.4) is 0 Å². The summed E-state index contributed by atoms with van der Waals surface area (Å²) in [6.07, 6.45) is 1.72. The van der Waals surface area contributed by atoms with Gasteiger partial charge in [-0.3, -0.25) is 4.98 Å². The first-order valence-corrected chi connectivity index (χ1v) is 16.6. The Balaban J connectivity index is 1.61. The molecule has 4 aromatic rings. The van der Waals surface area contributed by atoms with Gasteiger partial charge in [0, 0.05) is 26.4 Å². The van der Waals surface area contributed by atoms with E-state index in [0.29, 0.717) is 21.2 Å². The standard InChI is InChI=1S/C27H27ClN2O5S3/c1-27(2,31)18-10-12-29-23(15-18)21-8-5-6-17-14-24(36-26(17)21)25(20-7-3-4-9-22(20)28)30-38(34,35)19-11-13-37(32,33)16-19/h3-10,12,14-15,19,25,30-31H,11,13,16H2,1-2H3/t19?,25-/m1/s1. The van der Waals surface area contributed by atoms with E-state index in [1.807, 2.05) is 30.3 Å². The number of aliphatic hydroxyl groups is 1. The van der Waals surface area contributed by atoms with Crippen LogP contribution >= 0.6 is 22.9 Å². The number of nitrogens with one attached hydrogen (secondary N) is 1. The van der Waals surface area contributed by atoms with Crippen molar-refractivity contribution in [2.24, 2.45) is 0 Å². The van der Waals surface area contributed by atoms with Gasteiger partial charge >= 0.3 is 0 Å². The van der Waals surface area contributed by atoms with Crippen LogP contribution in [0.25, 0.3) is 21.3 Å². The molecular weight excluding hydrogens is 564 g/mol. The van der Waals surface area contributed by atoms with Gasteiger partial charge in [-0.15, -0.1) is 11.3 Å². The van der Waals surface area contributed by atoms with E-state index in [9.17, 15) is 21.9 Å². The van der Waals surface area contributed by atoms with Gasteiger partial charge in [0.15, 0.2) is 9.84 Å². The van der Waals surface area contributed by atoms with Crippen LogP contribution in [-0.2, 0) is 25.5 Å². The molecule has 0 radical (unpaired) electrons. The van der Waals surface area contributed by atoms with E-state index in [1.165, 1.54) is 11.3 Å². The summed E-state index contributed by atoms with van der Waals surface area (Å²) < 4.78 is 54.5. The van der Waals surface area contributed by atoms with Gasteiger partial charge in [0.05, 0.1) is 34.1 Å². The van der Waals surface area contributed by atoms with Gasteiger partial charge < -0.3 is 5.11 Å². The highest BCUT2D eigenvalue weighted by Gasteiger charge is 2.39. The molecule has 2 aromatic carbocycles. The molecule has 0 saturated carbocycles. The number of benzene rings is 2. The fraction of sp³-hybridized carbons (Fsp3) is 0.296. The lowest BCUT2D eigenvalue weighted by Crippen LogP contribution is -2.37. The van der Waals surface area contributed by atoms with Gasteiger partial charge in [-0.25, -0.2) is 21.6 Å². The summed E-state index contributed by atoms with van der Waals surface area (Å²) in [5.41, 5.74) is 1.81. The van der Waals surface area contributed by atoms with Crippen molar-refractivity contribution in [3.63, 3.8) is 0 Å². The van der Waals surface area contributed by atoms with Crippen LogP contribution < -0.4 is 4.72 Å². The second-order valence-electron chi connectivity index (χ2n) is 10.0. The largest absolute Gasteiger partial charge is 0.386 e. The lowest BCUT2D eigenvalue weighted by atomic mass is 9.97. The third-order valence-electron chi connectivity index (χ3n) is 6.72. The number of sulfonamides is 1. The monoisotopic (exact) mass is 590 g/mol. The fourth-order valence-electron chi connectivity index (χ4n) is 4.64. The lowest BCUT2D eigenvalue weighted by molar-refractivity contribution is 0.0785. The van der Waals surface area contributed by atoms with Crippen molar-refractivity contribution in [3.8, 4) is 11.3 Å². The molecule has 11 heteroatoms. The van der Waals surface area contributed by atoms with Gasteiger partial charge in [0.2, 0.25) is 10.0 Å². The average molecular weight is 591 g/mol. The topological polar surface area (TPSA) is 113 Å². The number of nitrogens with zero attached hydrogens (tertiary/aromatic N) is 1. The maximum Gasteiger partial charge on any atom is 0.216 e. The van der Waals surface area contributed by atoms with E-state index in [0.717, 1.165) is 21.2 Å². The van der Waals surface area contributed by atoms with Gasteiger partial charge in [-0.05, 0) is 61.0 Å². The van der Waals surface area contributed by atoms with Crippen molar-refractivity contribution in [2.75, 3.05) is 11.5 Å². The van der Waals surface area contributed by atoms with Crippen LogP contribution in [0.4, 0.5) is 0 Å². The predicted octanol–water partition coefficient (Wildman–Crippen LogP) is 5.04. The fourth-order valence-corrected chi connectivity index (χ4v) is 10.4. The Kier molecular flexibility index (Phi) is 7.17. The molecule has 7 nitrogen and oxygen atoms in total. The molecule has 0 aliphatic carbocycles. The Labute approximate surface area is 231 Å². The summed E-state index contributed by atoms with van der Waals surface area (Å²) in [4.78, 5) is 5.24. The zero-order chi connectivity index (χ0) is 27.3. The normalized spacial score (nSPS) is 18.6. The molecule has 2 aromatic heterocycles. The summed E-state index contributed by atoms with van der Waals surface area (Å²) in [5, 5.41) is 10.8. The SMILES string of the molecule is CC(C)(O)c1ccnc(-c2cccc3cc([C@H](NS(=O)(=O)C4CCS(=O)(=O)C4)c4ccccc4Cl)sc23)c1. The molecule has 1 fully saturated rings. The van der Waals surface area contributed by atoms with E-state index < -0.39 is 42.5 Å². The first kappa shape index (κ1) is 27.2. The zero-order valence-corrected chi connectivity index (χ0v) is 24.0. The maximum atomic E-state index is 13.4. The first-order chi connectivity index (χ1) is 17.8. The van der Waals surface area contributed by atoms with Crippen molar-refractivity contribution in [1.82, 2.24) is 9.71 Å². The minimum Gasteiger partial charge on any atom is -0.386 e. The van der Waals surface area contributed by atoms with E-state index in [1.54, 1.807) is 50.4 Å². The van der Waals surface area contributed by atoms with E-state index in [4.69, 9.17) is 11.6 Å². The molecule has 0 amide bonds. The van der Waals surface area contributed by atoms with Gasteiger partial charge in [0.1, 0.15) is 0 Å². The molecule has 2 N–H and O–H groups in total. The highest BCUT2D eigenvalue weighted by Crippen LogP contribution is 2.40. The molecule has 0 spiro atoms. The first-order valence-electron chi connectivity index (χ1n) is 12.0. The molecule has 1 saturated heterocycles. The van der Waals surface area contributed by atoms with Crippen LogP contribution in [0.1, 0.15) is 42.3 Å². The van der Waals surface area contributed by atoms with Crippen molar-refractivity contribution < 1.29 is 21.9 Å². The van der Waals surface area contributed by atoms with Crippen LogP contribution in [0, 0.1) is 0 Å². The van der Waals surface area contributed by atoms with Crippen molar-refractivity contribution >= 4 is 52.9 Å². The van der Waals surface area contributed by atoms with Gasteiger partial charge in [-0.2, -0.15) is 0 Å². The Morgan fingerprint density at radius 1 is 1.13 bits per heavy atom. The van der Waals surface area contributed by atoms with Crippen LogP contribution in [0.15, 0.2) is 66.9 Å². The number of sulfone groups is 1. The lowest BCUT2D eigenvalue weighted by Gasteiger charge is -2.21. The highest BCUT2D eigenvalue weighted by molar-refractivity contribution is 7.95. The third-order valence-corrected chi connectivity index (χ3v) is 12.1. The summed E-state index contributed by atoms with van der Waals surface area (Å²) in [6.45, 7) is 3.43. The zero-order valence-electron chi connectivity index (χ0n) is 20.8. The number of hydrogen-bond acceptors (Lipinski definition) is 7. The van der Waals surface area contributed by atoms with Crippen LogP contribution in [0.2, 0.25) is 5.02 Å². The Morgan fingerprint density at radius 2 is 1.89 bits per heavy atom. The highest BCUT2D eigenvalue weighted by atomic mass is 35.5. The van der Waals surface area contributed by atoms with Gasteiger partial charge in [-0.1, -0.05) is 48.0 Å². The number of fused-ring (bicyclic) bond motifs is 1. The molecule has 1 aliphatic rings. The summed E-state index contributed by atoms with van der Waals surface area (Å²) in [7, 11) is -7.38. The third kappa shape index (κ3) is 5.52. The molecule has 200 valence electrons. The number of pyridine rings is 1. The number of rotatable bonds is 7. The number of hydrogen-bond donors (Lipinski definition) is 2.